The minimum Gasteiger partial charge on any atom is -0.490 e. The van der Waals surface area contributed by atoms with E-state index in [0.717, 1.165) is 34.9 Å². The minimum absolute atomic E-state index is 0.102. The second-order valence-electron chi connectivity index (χ2n) is 9.36. The highest BCUT2D eigenvalue weighted by Crippen LogP contribution is 2.40. The van der Waals surface area contributed by atoms with Gasteiger partial charge >= 0.3 is 5.97 Å². The van der Waals surface area contributed by atoms with E-state index in [2.05, 4.69) is 48.8 Å². The third kappa shape index (κ3) is 8.56. The highest BCUT2D eigenvalue weighted by molar-refractivity contribution is 9.10. The van der Waals surface area contributed by atoms with Gasteiger partial charge in [-0.1, -0.05) is 42.5 Å². The van der Waals surface area contributed by atoms with Gasteiger partial charge in [-0.15, -0.1) is 0 Å². The highest BCUT2D eigenvalue weighted by atomic mass is 79.9. The average Bonchev–Trinajstić information content (AvgIpc) is 3.13. The number of nitrogens with zero attached hydrogens (tertiary/aromatic N) is 1. The van der Waals surface area contributed by atoms with Gasteiger partial charge in [0, 0.05) is 13.0 Å². The van der Waals surface area contributed by atoms with Gasteiger partial charge in [0.1, 0.15) is 10.9 Å². The smallest absolute Gasteiger partial charge is 0.305 e. The van der Waals surface area contributed by atoms with Crippen LogP contribution in [0.1, 0.15) is 67.3 Å². The van der Waals surface area contributed by atoms with Gasteiger partial charge in [0.05, 0.1) is 22.6 Å². The first-order valence-electron chi connectivity index (χ1n) is 13.2. The van der Waals surface area contributed by atoms with Crippen LogP contribution in [0.4, 0.5) is 0 Å². The van der Waals surface area contributed by atoms with Crippen molar-refractivity contribution >= 4 is 62.2 Å². The van der Waals surface area contributed by atoms with Gasteiger partial charge < -0.3 is 14.2 Å². The first-order chi connectivity index (χ1) is 18.6. The summed E-state index contributed by atoms with van der Waals surface area (Å²) in [4.78, 5) is 26.8. The van der Waals surface area contributed by atoms with E-state index in [1.807, 2.05) is 25.1 Å². The lowest BCUT2D eigenvalue weighted by atomic mass is 10.0. The van der Waals surface area contributed by atoms with E-state index in [1.54, 1.807) is 11.8 Å². The topological polar surface area (TPSA) is 65.1 Å². The summed E-state index contributed by atoms with van der Waals surface area (Å²) >= 11 is 10.4. The molecule has 6 nitrogen and oxygen atoms in total. The number of unbranched alkanes of at least 4 members (excludes halogenated alkanes) is 2. The molecule has 1 heterocycles. The molecule has 2 aromatic carbocycles. The molecule has 0 saturated carbocycles. The second-order valence-corrected chi connectivity index (χ2v) is 11.9. The zero-order chi connectivity index (χ0) is 28.5. The van der Waals surface area contributed by atoms with Crippen molar-refractivity contribution in [1.29, 1.82) is 0 Å². The minimum atomic E-state index is -0.180. The summed E-state index contributed by atoms with van der Waals surface area (Å²) in [5.41, 5.74) is 5.62. The van der Waals surface area contributed by atoms with Gasteiger partial charge in [-0.25, -0.2) is 0 Å². The molecule has 0 atom stereocenters. The molecule has 0 aliphatic carbocycles. The number of hydrogen-bond acceptors (Lipinski definition) is 7. The molecule has 0 unspecified atom stereocenters. The van der Waals surface area contributed by atoms with E-state index in [1.165, 1.54) is 28.5 Å². The summed E-state index contributed by atoms with van der Waals surface area (Å²) in [5.74, 6) is 0.953. The number of thioether (sulfide) groups is 1. The van der Waals surface area contributed by atoms with E-state index in [4.69, 9.17) is 26.4 Å². The number of esters is 1. The lowest BCUT2D eigenvalue weighted by molar-refractivity contribution is -0.143. The van der Waals surface area contributed by atoms with Gasteiger partial charge in [0.2, 0.25) is 0 Å². The normalized spacial score (nSPS) is 14.3. The Kier molecular flexibility index (Phi) is 11.9. The molecule has 0 aromatic heterocycles. The predicted molar refractivity (Wildman–Crippen MR) is 165 cm³/mol. The van der Waals surface area contributed by atoms with Crippen LogP contribution in [0.25, 0.3) is 6.08 Å². The molecule has 0 radical (unpaired) electrons. The van der Waals surface area contributed by atoms with Gasteiger partial charge in [-0.05, 0) is 109 Å². The molecule has 1 aliphatic rings. The molecule has 9 heteroatoms. The summed E-state index contributed by atoms with van der Waals surface area (Å²) in [5, 5.41) is 0. The largest absolute Gasteiger partial charge is 0.490 e. The number of benzene rings is 2. The number of aryl methyl sites for hydroxylation is 3. The van der Waals surface area contributed by atoms with Crippen LogP contribution in [0.2, 0.25) is 0 Å². The summed E-state index contributed by atoms with van der Waals surface area (Å²) in [6.07, 6.45) is 4.56. The number of carbonyl (C=O) groups is 2. The standard InChI is InChI=1S/C30H36BrNO5S2/c1-6-35-25-16-22(15-24(31)28(25)37-18-23-14-20(4)19(3)13-21(23)5)17-26-29(34)32(30(38)39-26)12-10-8-9-11-27(33)36-7-2/h13-17H,6-12,18H2,1-5H3/b26-17+. The zero-order valence-electron chi connectivity index (χ0n) is 23.2. The van der Waals surface area contributed by atoms with Crippen molar-refractivity contribution in [3.05, 3.63) is 61.5 Å². The first-order valence-corrected chi connectivity index (χ1v) is 15.2. The molecule has 0 N–H and O–H groups in total. The third-order valence-electron chi connectivity index (χ3n) is 6.40. The Morgan fingerprint density at radius 1 is 1.00 bits per heavy atom. The summed E-state index contributed by atoms with van der Waals surface area (Å²) in [6.45, 7) is 11.9. The number of hydrogen-bond donors (Lipinski definition) is 0. The van der Waals surface area contributed by atoms with E-state index < -0.39 is 0 Å². The lowest BCUT2D eigenvalue weighted by Crippen LogP contribution is -2.29. The van der Waals surface area contributed by atoms with E-state index >= 15 is 0 Å². The number of thiocarbonyl (C=S) groups is 1. The second kappa shape index (κ2) is 14.9. The Bertz CT molecular complexity index is 1260. The van der Waals surface area contributed by atoms with Crippen LogP contribution in [-0.4, -0.2) is 40.9 Å². The molecule has 1 saturated heterocycles. The maximum Gasteiger partial charge on any atom is 0.305 e. The van der Waals surface area contributed by atoms with Crippen LogP contribution in [0.15, 0.2) is 33.6 Å². The van der Waals surface area contributed by atoms with Crippen LogP contribution in [0, 0.1) is 20.8 Å². The first kappa shape index (κ1) is 31.2. The monoisotopic (exact) mass is 633 g/mol. The fraction of sp³-hybridized carbons (Fsp3) is 0.433. The van der Waals surface area contributed by atoms with Crippen LogP contribution < -0.4 is 9.47 Å². The van der Waals surface area contributed by atoms with Crippen molar-refractivity contribution in [3.63, 3.8) is 0 Å². The Hall–Kier alpha value is -2.36. The van der Waals surface area contributed by atoms with Gasteiger partial charge in [0.15, 0.2) is 11.5 Å². The summed E-state index contributed by atoms with van der Waals surface area (Å²) in [7, 11) is 0. The molecule has 3 rings (SSSR count). The molecular formula is C30H36BrNO5S2. The quantitative estimate of drug-likeness (QED) is 0.0970. The van der Waals surface area contributed by atoms with E-state index in [9.17, 15) is 9.59 Å². The Morgan fingerprint density at radius 2 is 1.74 bits per heavy atom. The van der Waals surface area contributed by atoms with Crippen molar-refractivity contribution in [2.24, 2.45) is 0 Å². The average molecular weight is 635 g/mol. The lowest BCUT2D eigenvalue weighted by Gasteiger charge is -2.16. The molecule has 39 heavy (non-hydrogen) atoms. The van der Waals surface area contributed by atoms with Crippen LogP contribution in [0.5, 0.6) is 11.5 Å². The van der Waals surface area contributed by atoms with Crippen LogP contribution in [0.3, 0.4) is 0 Å². The molecule has 1 fully saturated rings. The molecule has 0 spiro atoms. The van der Waals surface area contributed by atoms with E-state index in [0.29, 0.717) is 53.5 Å². The fourth-order valence-electron chi connectivity index (χ4n) is 4.19. The molecule has 1 aliphatic heterocycles. The van der Waals surface area contributed by atoms with Crippen LogP contribution in [-0.2, 0) is 20.9 Å². The summed E-state index contributed by atoms with van der Waals surface area (Å²) < 4.78 is 18.4. The van der Waals surface area contributed by atoms with Crippen molar-refractivity contribution in [2.75, 3.05) is 19.8 Å². The summed E-state index contributed by atoms with van der Waals surface area (Å²) in [6, 6.07) is 8.15. The zero-order valence-corrected chi connectivity index (χ0v) is 26.4. The van der Waals surface area contributed by atoms with E-state index in [-0.39, 0.29) is 11.9 Å². The number of amides is 1. The van der Waals surface area contributed by atoms with Gasteiger partial charge in [-0.3, -0.25) is 14.5 Å². The fourth-order valence-corrected chi connectivity index (χ4v) is 6.08. The molecular weight excluding hydrogens is 598 g/mol. The Balaban J connectivity index is 1.69. The number of halogens is 1. The maximum absolute atomic E-state index is 13.1. The van der Waals surface area contributed by atoms with Crippen molar-refractivity contribution in [2.45, 2.75) is 66.9 Å². The number of carbonyl (C=O) groups excluding carboxylic acids is 2. The molecule has 2 aromatic rings. The maximum atomic E-state index is 13.1. The number of ether oxygens (including phenoxy) is 3. The Labute approximate surface area is 249 Å². The number of rotatable bonds is 13. The van der Waals surface area contributed by atoms with Crippen molar-refractivity contribution in [3.8, 4) is 11.5 Å². The van der Waals surface area contributed by atoms with Crippen molar-refractivity contribution < 1.29 is 23.8 Å². The van der Waals surface area contributed by atoms with Gasteiger partial charge in [0.25, 0.3) is 5.91 Å². The molecule has 1 amide bonds. The van der Waals surface area contributed by atoms with Crippen molar-refractivity contribution in [1.82, 2.24) is 4.90 Å². The van der Waals surface area contributed by atoms with Gasteiger partial charge in [-0.2, -0.15) is 0 Å². The highest BCUT2D eigenvalue weighted by Gasteiger charge is 2.31. The SMILES string of the molecule is CCOC(=O)CCCCCN1C(=O)/C(=C\c2cc(Br)c(OCc3cc(C)c(C)cc3C)c(OCC)c2)SC1=S. The predicted octanol–water partition coefficient (Wildman–Crippen LogP) is 7.68. The molecule has 0 bridgehead atoms. The molecule has 210 valence electrons. The third-order valence-corrected chi connectivity index (χ3v) is 8.36. The Morgan fingerprint density at radius 3 is 2.46 bits per heavy atom. The van der Waals surface area contributed by atoms with Crippen LogP contribution >= 0.6 is 39.9 Å².